The average molecular weight is 252 g/mol. The first-order valence-corrected chi connectivity index (χ1v) is 6.58. The van der Waals surface area contributed by atoms with Crippen LogP contribution in [0, 0.1) is 5.82 Å². The molecule has 0 saturated carbocycles. The van der Waals surface area contributed by atoms with Crippen molar-refractivity contribution in [3.8, 4) is 5.75 Å². The Labute approximate surface area is 108 Å². The first kappa shape index (κ1) is 14.7. The molecule has 2 nitrogen and oxygen atoms in total. The Kier molecular flexibility index (Phi) is 6.40. The van der Waals surface area contributed by atoms with Crippen molar-refractivity contribution in [1.82, 2.24) is 0 Å². The fraction of sp³-hybridized carbons (Fsp3) is 0.533. The summed E-state index contributed by atoms with van der Waals surface area (Å²) in [6.07, 6.45) is 5.69. The highest BCUT2D eigenvalue weighted by Gasteiger charge is 2.09. The number of rotatable bonds is 8. The van der Waals surface area contributed by atoms with Crippen LogP contribution in [0.1, 0.15) is 56.3 Å². The van der Waals surface area contributed by atoms with Gasteiger partial charge in [-0.25, -0.2) is 4.39 Å². The van der Waals surface area contributed by atoms with Gasteiger partial charge in [-0.15, -0.1) is 0 Å². The lowest BCUT2D eigenvalue weighted by atomic mass is 10.1. The molecule has 1 aromatic carbocycles. The van der Waals surface area contributed by atoms with E-state index in [1.54, 1.807) is 0 Å². The lowest BCUT2D eigenvalue weighted by Crippen LogP contribution is -2.03. The molecule has 0 saturated heterocycles. The van der Waals surface area contributed by atoms with E-state index in [1.807, 2.05) is 0 Å². The minimum absolute atomic E-state index is 0.101. The summed E-state index contributed by atoms with van der Waals surface area (Å²) in [5.74, 6) is -0.116. The number of carbonyl (C=O) groups excluding carboxylic acids is 1. The van der Waals surface area contributed by atoms with Gasteiger partial charge in [0, 0.05) is 6.07 Å². The van der Waals surface area contributed by atoms with Crippen LogP contribution in [0.3, 0.4) is 0 Å². The Morgan fingerprint density at radius 1 is 1.22 bits per heavy atom. The molecule has 0 heterocycles. The van der Waals surface area contributed by atoms with Gasteiger partial charge < -0.3 is 4.74 Å². The van der Waals surface area contributed by atoms with Gasteiger partial charge in [0.1, 0.15) is 11.6 Å². The molecule has 0 unspecified atom stereocenters. The van der Waals surface area contributed by atoms with Crippen molar-refractivity contribution in [3.05, 3.63) is 29.6 Å². The van der Waals surface area contributed by atoms with E-state index in [0.29, 0.717) is 17.9 Å². The number of benzene rings is 1. The maximum absolute atomic E-state index is 13.1. The molecular formula is C15H21FO2. The summed E-state index contributed by atoms with van der Waals surface area (Å²) >= 11 is 0. The highest BCUT2D eigenvalue weighted by atomic mass is 19.1. The van der Waals surface area contributed by atoms with Crippen molar-refractivity contribution in [2.24, 2.45) is 0 Å². The molecule has 0 atom stereocenters. The standard InChI is InChI=1S/C15H21FO2/c1-3-4-5-6-7-10-18-15-11-13(16)8-9-14(15)12(2)17/h8-9,11H,3-7,10H2,1-2H3. The number of hydrogen-bond acceptors (Lipinski definition) is 2. The predicted molar refractivity (Wildman–Crippen MR) is 70.7 cm³/mol. The van der Waals surface area contributed by atoms with Crippen molar-refractivity contribution in [2.75, 3.05) is 6.61 Å². The lowest BCUT2D eigenvalue weighted by molar-refractivity contribution is 0.101. The number of hydrogen-bond donors (Lipinski definition) is 0. The quantitative estimate of drug-likeness (QED) is 0.507. The number of ether oxygens (including phenoxy) is 1. The molecule has 1 aromatic rings. The number of carbonyl (C=O) groups is 1. The summed E-state index contributed by atoms with van der Waals surface area (Å²) in [5.41, 5.74) is 0.449. The van der Waals surface area contributed by atoms with Gasteiger partial charge in [-0.3, -0.25) is 4.79 Å². The molecule has 1 rings (SSSR count). The van der Waals surface area contributed by atoms with Gasteiger partial charge in [0.15, 0.2) is 5.78 Å². The molecular weight excluding hydrogens is 231 g/mol. The summed E-state index contributed by atoms with van der Waals surface area (Å²) < 4.78 is 18.6. The predicted octanol–water partition coefficient (Wildman–Crippen LogP) is 4.38. The zero-order valence-corrected chi connectivity index (χ0v) is 11.2. The highest BCUT2D eigenvalue weighted by Crippen LogP contribution is 2.21. The van der Waals surface area contributed by atoms with Gasteiger partial charge in [-0.05, 0) is 25.5 Å². The summed E-state index contributed by atoms with van der Waals surface area (Å²) in [6, 6.07) is 4.04. The highest BCUT2D eigenvalue weighted by molar-refractivity contribution is 5.96. The molecule has 0 aliphatic rings. The van der Waals surface area contributed by atoms with E-state index in [-0.39, 0.29) is 11.6 Å². The van der Waals surface area contributed by atoms with E-state index in [4.69, 9.17) is 4.74 Å². The molecule has 100 valence electrons. The van der Waals surface area contributed by atoms with Crippen molar-refractivity contribution < 1.29 is 13.9 Å². The Bertz CT molecular complexity index is 388. The largest absolute Gasteiger partial charge is 0.493 e. The maximum Gasteiger partial charge on any atom is 0.163 e. The number of Topliss-reactive ketones (excluding diaryl/α,β-unsaturated/α-hetero) is 1. The molecule has 0 spiro atoms. The van der Waals surface area contributed by atoms with Crippen molar-refractivity contribution in [3.63, 3.8) is 0 Å². The van der Waals surface area contributed by atoms with Crippen molar-refractivity contribution in [1.29, 1.82) is 0 Å². The Hall–Kier alpha value is -1.38. The fourth-order valence-corrected chi connectivity index (χ4v) is 1.79. The van der Waals surface area contributed by atoms with Gasteiger partial charge in [0.05, 0.1) is 12.2 Å². The average Bonchev–Trinajstić information content (AvgIpc) is 2.33. The van der Waals surface area contributed by atoms with E-state index < -0.39 is 0 Å². The van der Waals surface area contributed by atoms with E-state index in [1.165, 1.54) is 44.4 Å². The molecule has 0 radical (unpaired) electrons. The van der Waals surface area contributed by atoms with Gasteiger partial charge in [-0.1, -0.05) is 32.6 Å². The second-order valence-electron chi connectivity index (χ2n) is 4.46. The van der Waals surface area contributed by atoms with E-state index in [9.17, 15) is 9.18 Å². The molecule has 0 fully saturated rings. The van der Waals surface area contributed by atoms with E-state index in [0.717, 1.165) is 12.8 Å². The minimum Gasteiger partial charge on any atom is -0.493 e. The van der Waals surface area contributed by atoms with Crippen LogP contribution in [-0.4, -0.2) is 12.4 Å². The number of ketones is 1. The normalized spacial score (nSPS) is 10.4. The van der Waals surface area contributed by atoms with Crippen LogP contribution in [0.5, 0.6) is 5.75 Å². The number of unbranched alkanes of at least 4 members (excludes halogenated alkanes) is 4. The molecule has 0 bridgehead atoms. The second-order valence-corrected chi connectivity index (χ2v) is 4.46. The Morgan fingerprint density at radius 3 is 2.61 bits per heavy atom. The summed E-state index contributed by atoms with van der Waals surface area (Å²) in [6.45, 7) is 4.16. The van der Waals surface area contributed by atoms with Crippen LogP contribution in [-0.2, 0) is 0 Å². The molecule has 0 N–H and O–H groups in total. The van der Waals surface area contributed by atoms with Crippen LogP contribution in [0.15, 0.2) is 18.2 Å². The molecule has 0 aliphatic carbocycles. The monoisotopic (exact) mass is 252 g/mol. The van der Waals surface area contributed by atoms with Gasteiger partial charge in [0.2, 0.25) is 0 Å². The summed E-state index contributed by atoms with van der Waals surface area (Å²) in [5, 5.41) is 0. The van der Waals surface area contributed by atoms with E-state index >= 15 is 0 Å². The van der Waals surface area contributed by atoms with Gasteiger partial charge in [0.25, 0.3) is 0 Å². The summed E-state index contributed by atoms with van der Waals surface area (Å²) in [4.78, 5) is 11.3. The Morgan fingerprint density at radius 2 is 1.94 bits per heavy atom. The van der Waals surface area contributed by atoms with Crippen LogP contribution in [0.25, 0.3) is 0 Å². The van der Waals surface area contributed by atoms with Crippen LogP contribution in [0.2, 0.25) is 0 Å². The van der Waals surface area contributed by atoms with E-state index in [2.05, 4.69) is 6.92 Å². The third kappa shape index (κ3) is 4.86. The minimum atomic E-state index is -0.374. The number of halogens is 1. The van der Waals surface area contributed by atoms with Crippen LogP contribution in [0.4, 0.5) is 4.39 Å². The SMILES string of the molecule is CCCCCCCOc1cc(F)ccc1C(C)=O. The molecule has 3 heteroatoms. The first-order chi connectivity index (χ1) is 8.65. The molecule has 0 amide bonds. The zero-order chi connectivity index (χ0) is 13.4. The lowest BCUT2D eigenvalue weighted by Gasteiger charge is -2.09. The second kappa shape index (κ2) is 7.85. The van der Waals surface area contributed by atoms with Crippen LogP contribution >= 0.6 is 0 Å². The molecule has 0 aromatic heterocycles. The van der Waals surface area contributed by atoms with Crippen molar-refractivity contribution in [2.45, 2.75) is 46.0 Å². The fourth-order valence-electron chi connectivity index (χ4n) is 1.79. The molecule has 18 heavy (non-hydrogen) atoms. The van der Waals surface area contributed by atoms with Gasteiger partial charge >= 0.3 is 0 Å². The third-order valence-corrected chi connectivity index (χ3v) is 2.83. The zero-order valence-electron chi connectivity index (χ0n) is 11.2. The topological polar surface area (TPSA) is 26.3 Å². The van der Waals surface area contributed by atoms with Gasteiger partial charge in [-0.2, -0.15) is 0 Å². The molecule has 0 aliphatic heterocycles. The first-order valence-electron chi connectivity index (χ1n) is 6.58. The van der Waals surface area contributed by atoms with Crippen molar-refractivity contribution >= 4 is 5.78 Å². The maximum atomic E-state index is 13.1. The smallest absolute Gasteiger partial charge is 0.163 e. The van der Waals surface area contributed by atoms with Crippen LogP contribution < -0.4 is 4.74 Å². The third-order valence-electron chi connectivity index (χ3n) is 2.83. The summed E-state index contributed by atoms with van der Waals surface area (Å²) in [7, 11) is 0. The Balaban J connectivity index is 2.45.